The lowest BCUT2D eigenvalue weighted by Crippen LogP contribution is -2.37. The Hall–Kier alpha value is -2.74. The van der Waals surface area contributed by atoms with Crippen molar-refractivity contribution in [3.63, 3.8) is 0 Å². The van der Waals surface area contributed by atoms with Crippen molar-refractivity contribution in [1.82, 2.24) is 29.1 Å². The van der Waals surface area contributed by atoms with Crippen LogP contribution in [0.15, 0.2) is 46.5 Å². The van der Waals surface area contributed by atoms with E-state index >= 15 is 8.78 Å². The van der Waals surface area contributed by atoms with Gasteiger partial charge in [0.05, 0.1) is 12.9 Å². The highest BCUT2D eigenvalue weighted by Crippen LogP contribution is 2.58. The SMILES string of the molecule is Nc1ncnc2c1ncn2[C@@H]1O[C@@H]2COP(O)(=S)O[C@@H]3[C@H](F)/C(=C\OP(=O)(S)O[C@H]2[C@H]1F)O[C@H]3n1ccc(=O)[nH]c1=O. The van der Waals surface area contributed by atoms with E-state index in [1.165, 1.54) is 10.9 Å². The van der Waals surface area contributed by atoms with Crippen molar-refractivity contribution >= 4 is 54.6 Å². The van der Waals surface area contributed by atoms with Gasteiger partial charge in [0.2, 0.25) is 6.23 Å². The van der Waals surface area contributed by atoms with Crippen LogP contribution in [0.4, 0.5) is 14.6 Å². The highest BCUT2D eigenvalue weighted by molar-refractivity contribution is 8.44. The number of nitrogens with zero attached hydrogens (tertiary/aromatic N) is 5. The van der Waals surface area contributed by atoms with Crippen molar-refractivity contribution < 1.29 is 45.8 Å². The third kappa shape index (κ3) is 5.40. The predicted octanol–water partition coefficient (Wildman–Crippen LogP) is 0.974. The summed E-state index contributed by atoms with van der Waals surface area (Å²) in [6.45, 7) is -9.63. The maximum atomic E-state index is 15.9. The first-order valence-corrected chi connectivity index (χ1v) is 17.0. The minimum Gasteiger partial charge on any atom is -0.465 e. The van der Waals surface area contributed by atoms with E-state index in [9.17, 15) is 19.0 Å². The largest absolute Gasteiger partial charge is 0.465 e. The van der Waals surface area contributed by atoms with Gasteiger partial charge in [-0.3, -0.25) is 28.0 Å². The smallest absolute Gasteiger partial charge is 0.437 e. The second kappa shape index (κ2) is 10.8. The van der Waals surface area contributed by atoms with Gasteiger partial charge >= 0.3 is 19.2 Å². The Morgan fingerprint density at radius 2 is 1.95 bits per heavy atom. The molecule has 226 valence electrons. The average Bonchev–Trinajstić information content (AvgIpc) is 3.57. The van der Waals surface area contributed by atoms with Crippen molar-refractivity contribution in [1.29, 1.82) is 0 Å². The molecule has 9 atom stereocenters. The number of ether oxygens (including phenoxy) is 2. The number of alkyl halides is 2. The molecule has 42 heavy (non-hydrogen) atoms. The summed E-state index contributed by atoms with van der Waals surface area (Å²) >= 11 is 8.91. The molecule has 6 rings (SSSR count). The molecule has 2 saturated heterocycles. The van der Waals surface area contributed by atoms with Crippen molar-refractivity contribution in [2.45, 2.75) is 43.1 Å². The van der Waals surface area contributed by atoms with Gasteiger partial charge in [-0.1, -0.05) is 0 Å². The molecule has 0 saturated carbocycles. The number of nitrogens with one attached hydrogen (secondary N) is 1. The molecular formula is C19H19F2N7O10P2S2. The van der Waals surface area contributed by atoms with Gasteiger partial charge < -0.3 is 29.1 Å². The Morgan fingerprint density at radius 1 is 1.17 bits per heavy atom. The second-order valence-electron chi connectivity index (χ2n) is 9.02. The number of H-pyrrole nitrogens is 1. The highest BCUT2D eigenvalue weighted by atomic mass is 32.7. The fraction of sp³-hybridized carbons (Fsp3) is 0.421. The van der Waals surface area contributed by atoms with E-state index in [4.69, 9.17) is 45.1 Å². The van der Waals surface area contributed by atoms with Crippen LogP contribution in [0.25, 0.3) is 11.2 Å². The molecule has 2 unspecified atom stereocenters. The zero-order valence-electron chi connectivity index (χ0n) is 20.6. The lowest BCUT2D eigenvalue weighted by atomic mass is 10.1. The number of imidazole rings is 1. The van der Waals surface area contributed by atoms with E-state index in [2.05, 4.69) is 27.2 Å². The number of nitrogen functional groups attached to an aromatic ring is 1. The van der Waals surface area contributed by atoms with Crippen LogP contribution in [0, 0.1) is 0 Å². The molecule has 4 N–H and O–H groups in total. The van der Waals surface area contributed by atoms with Crippen LogP contribution >= 0.6 is 25.8 Å². The first-order valence-electron chi connectivity index (χ1n) is 11.7. The fourth-order valence-corrected chi connectivity index (χ4v) is 7.21. The molecule has 3 aliphatic heterocycles. The average molecular weight is 669 g/mol. The maximum absolute atomic E-state index is 15.9. The van der Waals surface area contributed by atoms with E-state index in [1.807, 2.05) is 4.98 Å². The molecule has 6 heterocycles. The van der Waals surface area contributed by atoms with Gasteiger partial charge in [-0.05, 0) is 24.1 Å². The predicted molar refractivity (Wildman–Crippen MR) is 143 cm³/mol. The van der Waals surface area contributed by atoms with E-state index in [0.717, 1.165) is 23.2 Å². The molecule has 3 aromatic rings. The third-order valence-electron chi connectivity index (χ3n) is 6.37. The summed E-state index contributed by atoms with van der Waals surface area (Å²) in [4.78, 5) is 48.6. The molecule has 3 aromatic heterocycles. The van der Waals surface area contributed by atoms with E-state index in [-0.39, 0.29) is 17.0 Å². The Labute approximate surface area is 242 Å². The molecular weight excluding hydrogens is 650 g/mol. The van der Waals surface area contributed by atoms with E-state index < -0.39 is 80.2 Å². The number of thiol groups is 1. The molecule has 2 fully saturated rings. The van der Waals surface area contributed by atoms with Crippen LogP contribution in [-0.2, 0) is 43.9 Å². The molecule has 2 bridgehead atoms. The normalized spacial score (nSPS) is 38.3. The lowest BCUT2D eigenvalue weighted by molar-refractivity contribution is -0.0474. The first kappa shape index (κ1) is 29.3. The van der Waals surface area contributed by atoms with Crippen molar-refractivity contribution in [2.75, 3.05) is 12.3 Å². The van der Waals surface area contributed by atoms with E-state index in [0.29, 0.717) is 6.26 Å². The molecule has 23 heteroatoms. The van der Waals surface area contributed by atoms with Gasteiger partial charge in [0.15, 0.2) is 41.9 Å². The van der Waals surface area contributed by atoms with Crippen LogP contribution in [0.5, 0.6) is 0 Å². The molecule has 0 aliphatic carbocycles. The zero-order chi connectivity index (χ0) is 30.0. The zero-order valence-corrected chi connectivity index (χ0v) is 24.1. The van der Waals surface area contributed by atoms with Crippen molar-refractivity contribution in [2.24, 2.45) is 0 Å². The van der Waals surface area contributed by atoms with Gasteiger partial charge in [0, 0.05) is 12.3 Å². The topological polar surface area (TPSA) is 217 Å². The van der Waals surface area contributed by atoms with Crippen LogP contribution < -0.4 is 17.0 Å². The molecule has 3 aliphatic rings. The lowest BCUT2D eigenvalue weighted by Gasteiger charge is -2.26. The summed E-state index contributed by atoms with van der Waals surface area (Å²) in [7, 11) is 0. The number of rotatable bonds is 2. The van der Waals surface area contributed by atoms with E-state index in [1.54, 1.807) is 0 Å². The number of hydrogen-bond acceptors (Lipinski definition) is 14. The number of halogens is 2. The Kier molecular flexibility index (Phi) is 7.52. The second-order valence-corrected chi connectivity index (χ2v) is 14.6. The van der Waals surface area contributed by atoms with Crippen LogP contribution in [0.1, 0.15) is 12.5 Å². The summed E-state index contributed by atoms with van der Waals surface area (Å²) < 4.78 is 78.8. The summed E-state index contributed by atoms with van der Waals surface area (Å²) in [6.07, 6.45) is -8.53. The highest BCUT2D eigenvalue weighted by Gasteiger charge is 2.53. The summed E-state index contributed by atoms with van der Waals surface area (Å²) in [6, 6.07) is 0.956. The van der Waals surface area contributed by atoms with Crippen molar-refractivity contribution in [3.8, 4) is 0 Å². The first-order chi connectivity index (χ1) is 19.8. The third-order valence-corrected chi connectivity index (χ3v) is 9.37. The van der Waals surface area contributed by atoms with Crippen LogP contribution in [0.3, 0.4) is 0 Å². The Morgan fingerprint density at radius 3 is 2.71 bits per heavy atom. The number of fused-ring (bicyclic) bond motifs is 4. The monoisotopic (exact) mass is 669 g/mol. The fourth-order valence-electron chi connectivity index (χ4n) is 4.50. The van der Waals surface area contributed by atoms with Gasteiger partial charge in [0.25, 0.3) is 5.56 Å². The Balaban J connectivity index is 1.34. The van der Waals surface area contributed by atoms with Gasteiger partial charge in [-0.15, -0.1) is 0 Å². The molecule has 0 aromatic carbocycles. The standard InChI is InChI=1S/C19H19F2N7O10P2S2/c20-10-7-3-33-39(31,41)37-13-8(36-17(11(13)21)28-6-25-12-15(22)23-5-24-16(12)28)4-34-40(32,42)38-14(10)18(35-7)27-2-1-9(29)26-19(27)30/h1-3,5-6,8,10-11,13-14,17-18H,4H2,(H,31,41)(H,32,42)(H2,22,23,24)(H,26,29,30)/b7-3+/t8-,10-,11-,13-,14-,17-,18-,39?,40?/m1/s1. The van der Waals surface area contributed by atoms with Crippen LogP contribution in [-0.4, -0.2) is 71.2 Å². The summed E-state index contributed by atoms with van der Waals surface area (Å²) in [5, 5.41) is 0. The van der Waals surface area contributed by atoms with Crippen molar-refractivity contribution in [3.05, 3.63) is 57.8 Å². The number of anilines is 1. The molecule has 0 radical (unpaired) electrons. The van der Waals surface area contributed by atoms with Gasteiger partial charge in [-0.25, -0.2) is 33.1 Å². The molecule has 17 nitrogen and oxygen atoms in total. The number of aromatic amines is 1. The number of hydrogen-bond donors (Lipinski definition) is 4. The summed E-state index contributed by atoms with van der Waals surface area (Å²) in [5.41, 5.74) is 4.33. The molecule has 0 spiro atoms. The van der Waals surface area contributed by atoms with Gasteiger partial charge in [0.1, 0.15) is 30.3 Å². The minimum atomic E-state index is -4.53. The maximum Gasteiger partial charge on any atom is 0.437 e. The Bertz CT molecular complexity index is 1790. The number of nitrogens with two attached hydrogens (primary N) is 1. The minimum absolute atomic E-state index is 0.0270. The molecule has 0 amide bonds. The number of aromatic nitrogens is 6. The quantitative estimate of drug-likeness (QED) is 0.221. The van der Waals surface area contributed by atoms with Crippen LogP contribution in [0.2, 0.25) is 0 Å². The summed E-state index contributed by atoms with van der Waals surface area (Å²) in [5.74, 6) is -0.648. The van der Waals surface area contributed by atoms with Gasteiger partial charge in [-0.2, -0.15) is 0 Å².